The van der Waals surface area contributed by atoms with Crippen molar-refractivity contribution in [3.8, 4) is 0 Å². The molecule has 4 N–H and O–H groups in total. The summed E-state index contributed by atoms with van der Waals surface area (Å²) in [5.74, 6) is 0. The molecule has 0 saturated heterocycles. The number of nitrogen functional groups attached to an aromatic ring is 2. The molecule has 2 aromatic carbocycles. The van der Waals surface area contributed by atoms with Crippen LogP contribution in [0.1, 0.15) is 5.69 Å². The molecule has 0 amide bonds. The molecule has 0 bridgehead atoms. The molecule has 0 saturated carbocycles. The lowest BCUT2D eigenvalue weighted by atomic mass is 10.0. The average molecular weight is 238 g/mol. The Kier molecular flexibility index (Phi) is 2.17. The van der Waals surface area contributed by atoms with Crippen molar-refractivity contribution in [2.45, 2.75) is 6.92 Å². The van der Waals surface area contributed by atoms with Gasteiger partial charge < -0.3 is 11.5 Å². The van der Waals surface area contributed by atoms with Gasteiger partial charge in [-0.05, 0) is 24.3 Å². The first-order valence-corrected chi connectivity index (χ1v) is 5.95. The molecule has 3 rings (SSSR count). The molecule has 0 spiro atoms. The maximum atomic E-state index is 5.88. The highest BCUT2D eigenvalue weighted by molar-refractivity contribution is 6.06. The summed E-state index contributed by atoms with van der Waals surface area (Å²) in [7, 11) is 2.06. The van der Waals surface area contributed by atoms with Crippen LogP contribution in [0.4, 0.5) is 11.4 Å². The van der Waals surface area contributed by atoms with Crippen LogP contribution in [0.15, 0.2) is 36.4 Å². The Balaban J connectivity index is 2.62. The number of nitrogens with two attached hydrogens (primary N) is 2. The molecule has 1 heterocycles. The quantitative estimate of drug-likeness (QED) is 0.358. The van der Waals surface area contributed by atoms with Gasteiger partial charge in [0.15, 0.2) is 5.69 Å². The number of fused-ring (bicyclic) bond motifs is 3. The lowest BCUT2D eigenvalue weighted by Crippen LogP contribution is -2.33. The molecule has 18 heavy (non-hydrogen) atoms. The molecular weight excluding hydrogens is 222 g/mol. The van der Waals surface area contributed by atoms with Crippen molar-refractivity contribution in [3.63, 3.8) is 0 Å². The van der Waals surface area contributed by atoms with Crippen LogP contribution in [-0.4, -0.2) is 0 Å². The van der Waals surface area contributed by atoms with Gasteiger partial charge in [0.2, 0.25) is 5.52 Å². The van der Waals surface area contributed by atoms with Crippen molar-refractivity contribution in [2.75, 3.05) is 11.5 Å². The largest absolute Gasteiger partial charge is 0.399 e. The third kappa shape index (κ3) is 1.40. The highest BCUT2D eigenvalue weighted by Gasteiger charge is 2.15. The average Bonchev–Trinajstić information content (AvgIpc) is 2.36. The fraction of sp³-hybridized carbons (Fsp3) is 0.133. The van der Waals surface area contributed by atoms with E-state index in [1.165, 1.54) is 21.9 Å². The van der Waals surface area contributed by atoms with Gasteiger partial charge >= 0.3 is 0 Å². The Hall–Kier alpha value is -2.29. The number of aromatic nitrogens is 1. The van der Waals surface area contributed by atoms with Crippen LogP contribution in [0.25, 0.3) is 21.7 Å². The second-order valence-electron chi connectivity index (χ2n) is 4.73. The Bertz CT molecular complexity index is 709. The minimum Gasteiger partial charge on any atom is -0.399 e. The van der Waals surface area contributed by atoms with E-state index >= 15 is 0 Å². The van der Waals surface area contributed by atoms with Gasteiger partial charge in [-0.25, -0.2) is 0 Å². The molecule has 0 aliphatic carbocycles. The van der Waals surface area contributed by atoms with Gasteiger partial charge in [-0.1, -0.05) is 6.07 Å². The van der Waals surface area contributed by atoms with Gasteiger partial charge in [0.25, 0.3) is 0 Å². The molecule has 0 fully saturated rings. The number of hydrogen-bond acceptors (Lipinski definition) is 2. The molecule has 0 aliphatic heterocycles. The number of benzene rings is 2. The Morgan fingerprint density at radius 1 is 0.833 bits per heavy atom. The van der Waals surface area contributed by atoms with E-state index in [4.69, 9.17) is 11.5 Å². The number of anilines is 2. The van der Waals surface area contributed by atoms with Crippen molar-refractivity contribution in [1.82, 2.24) is 0 Å². The predicted octanol–water partition coefficient (Wildman–Crippen LogP) is 2.29. The Morgan fingerprint density at radius 2 is 1.44 bits per heavy atom. The fourth-order valence-electron chi connectivity index (χ4n) is 2.51. The number of hydrogen-bond donors (Lipinski definition) is 2. The van der Waals surface area contributed by atoms with Gasteiger partial charge in [-0.15, -0.1) is 0 Å². The SMILES string of the molecule is Cc1c2cc(N)ccc2c2ccc(N)cc2[n+]1C. The number of nitrogens with zero attached hydrogens (tertiary/aromatic N) is 1. The normalized spacial score (nSPS) is 11.2. The van der Waals surface area contributed by atoms with Crippen molar-refractivity contribution in [2.24, 2.45) is 7.05 Å². The molecule has 0 unspecified atom stereocenters. The molecule has 0 radical (unpaired) electrons. The Labute approximate surface area is 106 Å². The maximum absolute atomic E-state index is 5.88. The van der Waals surface area contributed by atoms with Gasteiger partial charge in [0.1, 0.15) is 7.05 Å². The van der Waals surface area contributed by atoms with Crippen molar-refractivity contribution in [3.05, 3.63) is 42.1 Å². The molecule has 0 aliphatic rings. The molecule has 1 aromatic heterocycles. The van der Waals surface area contributed by atoms with E-state index in [9.17, 15) is 0 Å². The fourth-order valence-corrected chi connectivity index (χ4v) is 2.51. The molecule has 3 nitrogen and oxygen atoms in total. The summed E-state index contributed by atoms with van der Waals surface area (Å²) in [5, 5.41) is 3.61. The Morgan fingerprint density at radius 3 is 2.17 bits per heavy atom. The molecule has 0 atom stereocenters. The van der Waals surface area contributed by atoms with Crippen molar-refractivity contribution < 1.29 is 4.57 Å². The minimum atomic E-state index is 0.785. The second kappa shape index (κ2) is 3.60. The maximum Gasteiger partial charge on any atom is 0.215 e. The topological polar surface area (TPSA) is 55.9 Å². The van der Waals surface area contributed by atoms with Crippen molar-refractivity contribution in [1.29, 1.82) is 0 Å². The molecular formula is C15H16N3+. The molecule has 3 aromatic rings. The van der Waals surface area contributed by atoms with Gasteiger partial charge in [0.05, 0.1) is 10.8 Å². The van der Waals surface area contributed by atoms with Crippen LogP contribution < -0.4 is 16.0 Å². The third-order valence-corrected chi connectivity index (χ3v) is 3.61. The second-order valence-corrected chi connectivity index (χ2v) is 4.73. The highest BCUT2D eigenvalue weighted by Crippen LogP contribution is 2.27. The first-order valence-electron chi connectivity index (χ1n) is 5.95. The van der Waals surface area contributed by atoms with E-state index in [2.05, 4.69) is 30.7 Å². The molecule has 90 valence electrons. The lowest BCUT2D eigenvalue weighted by molar-refractivity contribution is -0.649. The van der Waals surface area contributed by atoms with Crippen molar-refractivity contribution >= 4 is 33.1 Å². The first kappa shape index (κ1) is 10.8. The van der Waals surface area contributed by atoms with E-state index in [1.54, 1.807) is 0 Å². The van der Waals surface area contributed by atoms with Crippen LogP contribution in [0.3, 0.4) is 0 Å². The third-order valence-electron chi connectivity index (χ3n) is 3.61. The van der Waals surface area contributed by atoms with Crippen LogP contribution in [0.5, 0.6) is 0 Å². The summed E-state index contributed by atoms with van der Waals surface area (Å²) in [6.07, 6.45) is 0. The van der Waals surface area contributed by atoms with Crippen LogP contribution in [0.2, 0.25) is 0 Å². The smallest absolute Gasteiger partial charge is 0.215 e. The standard InChI is InChI=1S/C15H15N3/c1-9-14-7-10(16)3-5-12(14)13-6-4-11(17)8-15(13)18(9)2/h3-8,17H,16H2,1-2H3/p+1. The monoisotopic (exact) mass is 238 g/mol. The van der Waals surface area contributed by atoms with Gasteiger partial charge in [-0.3, -0.25) is 0 Å². The van der Waals surface area contributed by atoms with E-state index in [0.29, 0.717) is 0 Å². The van der Waals surface area contributed by atoms with E-state index in [-0.39, 0.29) is 0 Å². The van der Waals surface area contributed by atoms with Crippen LogP contribution in [-0.2, 0) is 7.05 Å². The van der Waals surface area contributed by atoms with Gasteiger partial charge in [0, 0.05) is 29.8 Å². The zero-order valence-corrected chi connectivity index (χ0v) is 10.6. The van der Waals surface area contributed by atoms with E-state index < -0.39 is 0 Å². The summed E-state index contributed by atoms with van der Waals surface area (Å²) in [4.78, 5) is 0. The number of pyridine rings is 1. The minimum absolute atomic E-state index is 0.785. The first-order chi connectivity index (χ1) is 8.58. The number of aryl methyl sites for hydroxylation is 2. The number of rotatable bonds is 0. The summed E-state index contributed by atoms with van der Waals surface area (Å²) in [5.41, 5.74) is 15.7. The summed E-state index contributed by atoms with van der Waals surface area (Å²) in [6.45, 7) is 2.10. The van der Waals surface area contributed by atoms with E-state index in [1.807, 2.05) is 24.3 Å². The van der Waals surface area contributed by atoms with Crippen LogP contribution >= 0.6 is 0 Å². The predicted molar refractivity (Wildman–Crippen MR) is 76.2 cm³/mol. The summed E-state index contributed by atoms with van der Waals surface area (Å²) < 4.78 is 2.16. The highest BCUT2D eigenvalue weighted by atomic mass is 14.9. The zero-order chi connectivity index (χ0) is 12.9. The summed E-state index contributed by atoms with van der Waals surface area (Å²) in [6, 6.07) is 12.1. The zero-order valence-electron chi connectivity index (χ0n) is 10.6. The van der Waals surface area contributed by atoms with E-state index in [0.717, 1.165) is 16.9 Å². The van der Waals surface area contributed by atoms with Crippen LogP contribution in [0, 0.1) is 6.92 Å². The summed E-state index contributed by atoms with van der Waals surface area (Å²) >= 11 is 0. The molecule has 3 heteroatoms. The van der Waals surface area contributed by atoms with Gasteiger partial charge in [-0.2, -0.15) is 4.57 Å². The lowest BCUT2D eigenvalue weighted by Gasteiger charge is -2.07.